The van der Waals surface area contributed by atoms with E-state index in [1.807, 2.05) is 13.0 Å². The van der Waals surface area contributed by atoms with Gasteiger partial charge in [-0.15, -0.1) is 0 Å². The summed E-state index contributed by atoms with van der Waals surface area (Å²) in [6, 6.07) is 6.20. The van der Waals surface area contributed by atoms with Crippen molar-refractivity contribution in [3.63, 3.8) is 0 Å². The molecule has 0 radical (unpaired) electrons. The summed E-state index contributed by atoms with van der Waals surface area (Å²) in [6.45, 7) is 6.31. The van der Waals surface area contributed by atoms with Gasteiger partial charge in [-0.3, -0.25) is 0 Å². The molecule has 0 aliphatic carbocycles. The largest absolute Gasteiger partial charge is 1.00 e. The molecule has 0 aromatic heterocycles. The molecular formula is C26H45NaO4S. The van der Waals surface area contributed by atoms with Gasteiger partial charge in [-0.05, 0) is 49.3 Å². The Morgan fingerprint density at radius 3 is 1.84 bits per heavy atom. The number of ether oxygens (including phenoxy) is 1. The number of hydrogen-bond donors (Lipinski definition) is 0. The minimum absolute atomic E-state index is 0. The van der Waals surface area contributed by atoms with E-state index in [1.54, 1.807) is 0 Å². The van der Waals surface area contributed by atoms with E-state index in [1.165, 1.54) is 57.8 Å². The van der Waals surface area contributed by atoms with Crippen molar-refractivity contribution in [2.45, 2.75) is 129 Å². The quantitative estimate of drug-likeness (QED) is 0.167. The summed E-state index contributed by atoms with van der Waals surface area (Å²) < 4.78 is 40.9. The van der Waals surface area contributed by atoms with E-state index >= 15 is 0 Å². The first kappa shape index (κ1) is 31.9. The Morgan fingerprint density at radius 1 is 0.781 bits per heavy atom. The average molecular weight is 477 g/mol. The van der Waals surface area contributed by atoms with Crippen LogP contribution in [0.3, 0.4) is 0 Å². The first-order chi connectivity index (χ1) is 14.9. The summed E-state index contributed by atoms with van der Waals surface area (Å²) in [7, 11) is -4.49. The van der Waals surface area contributed by atoms with Gasteiger partial charge < -0.3 is 9.29 Å². The molecule has 1 unspecified atom stereocenters. The van der Waals surface area contributed by atoms with E-state index in [2.05, 4.69) is 26.0 Å². The zero-order valence-corrected chi connectivity index (χ0v) is 24.0. The van der Waals surface area contributed by atoms with Crippen LogP contribution in [0.4, 0.5) is 0 Å². The van der Waals surface area contributed by atoms with Gasteiger partial charge in [0.25, 0.3) is 0 Å². The van der Waals surface area contributed by atoms with Crippen molar-refractivity contribution in [1.82, 2.24) is 0 Å². The van der Waals surface area contributed by atoms with Crippen molar-refractivity contribution < 1.29 is 47.3 Å². The topological polar surface area (TPSA) is 66.4 Å². The van der Waals surface area contributed by atoms with Crippen LogP contribution in [0, 0.1) is 0 Å². The van der Waals surface area contributed by atoms with Crippen molar-refractivity contribution in [2.24, 2.45) is 0 Å². The van der Waals surface area contributed by atoms with Crippen LogP contribution in [-0.4, -0.2) is 18.4 Å². The van der Waals surface area contributed by atoms with Crippen LogP contribution in [-0.2, 0) is 23.0 Å². The maximum Gasteiger partial charge on any atom is 1.00 e. The van der Waals surface area contributed by atoms with Crippen molar-refractivity contribution in [1.29, 1.82) is 0 Å². The van der Waals surface area contributed by atoms with E-state index in [9.17, 15) is 13.0 Å². The van der Waals surface area contributed by atoms with Gasteiger partial charge in [0.2, 0.25) is 0 Å². The van der Waals surface area contributed by atoms with Gasteiger partial charge in [-0.1, -0.05) is 104 Å². The maximum absolute atomic E-state index is 11.7. The van der Waals surface area contributed by atoms with Gasteiger partial charge in [0, 0.05) is 0 Å². The predicted molar refractivity (Wildman–Crippen MR) is 130 cm³/mol. The third kappa shape index (κ3) is 14.2. The molecule has 0 N–H and O–H groups in total. The summed E-state index contributed by atoms with van der Waals surface area (Å²) >= 11 is 0. The van der Waals surface area contributed by atoms with Crippen molar-refractivity contribution >= 4 is 10.1 Å². The van der Waals surface area contributed by atoms with Crippen molar-refractivity contribution in [3.8, 4) is 5.75 Å². The summed E-state index contributed by atoms with van der Waals surface area (Å²) in [5.74, 6) is 0.593. The number of unbranched alkanes of at least 4 members (excludes halogenated alkanes) is 10. The van der Waals surface area contributed by atoms with Crippen LogP contribution in [0.2, 0.25) is 0 Å². The second-order valence-electron chi connectivity index (χ2n) is 8.81. The van der Waals surface area contributed by atoms with Gasteiger partial charge in [0.1, 0.15) is 15.9 Å². The molecule has 1 aromatic carbocycles. The summed E-state index contributed by atoms with van der Waals surface area (Å²) in [5.41, 5.74) is 0.882. The van der Waals surface area contributed by atoms with Crippen LogP contribution in [0.25, 0.3) is 0 Å². The molecule has 0 aliphatic rings. The number of rotatable bonds is 19. The second kappa shape index (κ2) is 19.3. The predicted octanol–water partition coefficient (Wildman–Crippen LogP) is 4.55. The minimum atomic E-state index is -4.49. The maximum atomic E-state index is 11.7. The van der Waals surface area contributed by atoms with Crippen LogP contribution in [0.15, 0.2) is 18.2 Å². The van der Waals surface area contributed by atoms with Crippen LogP contribution >= 0.6 is 0 Å². The molecule has 4 nitrogen and oxygen atoms in total. The molecule has 0 fully saturated rings. The molecule has 0 spiro atoms. The van der Waals surface area contributed by atoms with Crippen LogP contribution in [0.1, 0.15) is 122 Å². The fourth-order valence-corrected chi connectivity index (χ4v) is 4.66. The van der Waals surface area contributed by atoms with Gasteiger partial charge in [0.15, 0.2) is 5.44 Å². The molecule has 0 aliphatic heterocycles. The number of benzene rings is 1. The van der Waals surface area contributed by atoms with E-state index < -0.39 is 15.6 Å². The molecular weight excluding hydrogens is 431 g/mol. The molecule has 0 amide bonds. The molecule has 1 atom stereocenters. The van der Waals surface area contributed by atoms with E-state index in [4.69, 9.17) is 4.74 Å². The first-order valence-electron chi connectivity index (χ1n) is 12.7. The normalized spacial score (nSPS) is 12.4. The van der Waals surface area contributed by atoms with Gasteiger partial charge >= 0.3 is 29.6 Å². The van der Waals surface area contributed by atoms with Gasteiger partial charge in [-0.2, -0.15) is 0 Å². The van der Waals surface area contributed by atoms with Crippen LogP contribution < -0.4 is 34.3 Å². The summed E-state index contributed by atoms with van der Waals surface area (Å²) in [6.07, 6.45) is 17.3. The Balaban J connectivity index is 0.00000961. The molecule has 0 heterocycles. The molecule has 0 saturated heterocycles. The zero-order valence-electron chi connectivity index (χ0n) is 21.2. The number of hydrogen-bond acceptors (Lipinski definition) is 4. The van der Waals surface area contributed by atoms with E-state index in [-0.39, 0.29) is 36.0 Å². The average Bonchev–Trinajstić information content (AvgIpc) is 2.73. The fourth-order valence-electron chi connectivity index (χ4n) is 3.92. The molecule has 32 heavy (non-hydrogen) atoms. The Hall–Kier alpha value is -0.0700. The molecule has 0 bridgehead atoms. The third-order valence-electron chi connectivity index (χ3n) is 5.86. The van der Waals surface area contributed by atoms with Gasteiger partial charge in [0.05, 0.1) is 0 Å². The summed E-state index contributed by atoms with van der Waals surface area (Å²) in [4.78, 5) is 0. The Kier molecular flexibility index (Phi) is 19.2. The third-order valence-corrected chi connectivity index (χ3v) is 6.83. The van der Waals surface area contributed by atoms with E-state index in [0.29, 0.717) is 12.2 Å². The Labute approximate surface area is 220 Å². The van der Waals surface area contributed by atoms with Crippen LogP contribution in [0.5, 0.6) is 5.75 Å². The van der Waals surface area contributed by atoms with Gasteiger partial charge in [-0.25, -0.2) is 8.42 Å². The Bertz CT molecular complexity index is 691. The fraction of sp³-hybridized carbons (Fsp3) is 0.769. The van der Waals surface area contributed by atoms with E-state index in [0.717, 1.165) is 43.2 Å². The standard InChI is InChI=1S/C26H46O4S.Na/c1-4-7-9-11-13-15-18-23-20-21-24(19-16-14-12-10-8-5-2)25(22-23)30-26(17-6-3)31(27,28)29;/h20-22,26H,4-19H2,1-3H3,(H,27,28,29);/q;+1/p-1. The molecule has 0 saturated carbocycles. The molecule has 1 aromatic rings. The zero-order chi connectivity index (χ0) is 23.0. The minimum Gasteiger partial charge on any atom is -0.745 e. The second-order valence-corrected chi connectivity index (χ2v) is 10.3. The van der Waals surface area contributed by atoms with Crippen molar-refractivity contribution in [3.05, 3.63) is 29.3 Å². The van der Waals surface area contributed by atoms with Crippen molar-refractivity contribution in [2.75, 3.05) is 0 Å². The molecule has 180 valence electrons. The monoisotopic (exact) mass is 476 g/mol. The SMILES string of the molecule is CCCCCCCCc1ccc(CCCCCCCC)c(OC(CCC)S(=O)(=O)[O-])c1.[Na+]. The first-order valence-corrected chi connectivity index (χ1v) is 14.1. The smallest absolute Gasteiger partial charge is 0.745 e. The molecule has 1 rings (SSSR count). The Morgan fingerprint density at radius 2 is 1.31 bits per heavy atom. The summed E-state index contributed by atoms with van der Waals surface area (Å²) in [5, 5.41) is 0. The number of aryl methyl sites for hydroxylation is 2. The molecule has 6 heteroatoms.